The van der Waals surface area contributed by atoms with Gasteiger partial charge in [-0.1, -0.05) is 0 Å². The second-order valence-corrected chi connectivity index (χ2v) is 7.09. The molecule has 0 N–H and O–H groups in total. The van der Waals surface area contributed by atoms with Crippen molar-refractivity contribution in [2.24, 2.45) is 0 Å². The Labute approximate surface area is 155 Å². The van der Waals surface area contributed by atoms with Crippen molar-refractivity contribution in [1.29, 1.82) is 0 Å². The molecule has 0 aliphatic carbocycles. The smallest absolute Gasteiger partial charge is 0.325 e. The summed E-state index contributed by atoms with van der Waals surface area (Å²) < 4.78 is 5.16. The third kappa shape index (κ3) is 3.93. The fraction of sp³-hybridized carbons (Fsp3) is 0.579. The third-order valence-electron chi connectivity index (χ3n) is 5.43. The number of hydrogen-bond donors (Lipinski definition) is 0. The van der Waals surface area contributed by atoms with E-state index in [1.165, 1.54) is 0 Å². The van der Waals surface area contributed by atoms with Crippen molar-refractivity contribution in [2.45, 2.75) is 18.9 Å². The predicted molar refractivity (Wildman–Crippen MR) is 101 cm³/mol. The first-order chi connectivity index (χ1) is 12.5. The molecule has 0 saturated carbocycles. The van der Waals surface area contributed by atoms with Crippen LogP contribution in [0.3, 0.4) is 0 Å². The summed E-state index contributed by atoms with van der Waals surface area (Å²) in [5.41, 5.74) is 0.828. The number of rotatable bonds is 5. The van der Waals surface area contributed by atoms with Crippen molar-refractivity contribution >= 4 is 17.6 Å². The van der Waals surface area contributed by atoms with Crippen LogP contribution in [0.15, 0.2) is 24.3 Å². The van der Waals surface area contributed by atoms with E-state index in [0.29, 0.717) is 13.1 Å². The van der Waals surface area contributed by atoms with Crippen molar-refractivity contribution in [2.75, 3.05) is 58.8 Å². The van der Waals surface area contributed by atoms with E-state index in [0.717, 1.165) is 37.4 Å². The first-order valence-electron chi connectivity index (χ1n) is 9.14. The van der Waals surface area contributed by atoms with Gasteiger partial charge in [0.25, 0.3) is 0 Å². The standard InChI is InChI=1S/C19H28N4O3/c1-20-10-8-15(9-11-20)21(2)18(24)14-22-12-13-23(19(22)25)16-4-6-17(26-3)7-5-16/h4-7,15H,8-14H2,1-3H3. The number of benzene rings is 1. The van der Waals surface area contributed by atoms with Gasteiger partial charge >= 0.3 is 6.03 Å². The number of carbonyl (C=O) groups is 2. The Balaban J connectivity index is 1.56. The van der Waals surface area contributed by atoms with E-state index >= 15 is 0 Å². The maximum atomic E-state index is 12.7. The fourth-order valence-electron chi connectivity index (χ4n) is 3.59. The van der Waals surface area contributed by atoms with Crippen LogP contribution in [0.2, 0.25) is 0 Å². The molecule has 1 aromatic rings. The molecule has 0 bridgehead atoms. The number of likely N-dealkylation sites (tertiary alicyclic amines) is 1. The van der Waals surface area contributed by atoms with Crippen LogP contribution in [0.25, 0.3) is 0 Å². The molecule has 26 heavy (non-hydrogen) atoms. The Morgan fingerprint density at radius 3 is 2.42 bits per heavy atom. The zero-order valence-electron chi connectivity index (χ0n) is 15.9. The number of urea groups is 1. The molecule has 2 aliphatic rings. The van der Waals surface area contributed by atoms with E-state index in [9.17, 15) is 9.59 Å². The predicted octanol–water partition coefficient (Wildman–Crippen LogP) is 1.49. The molecule has 0 aromatic heterocycles. The van der Waals surface area contributed by atoms with Crippen LogP contribution in [0, 0.1) is 0 Å². The van der Waals surface area contributed by atoms with Gasteiger partial charge in [-0.15, -0.1) is 0 Å². The zero-order valence-corrected chi connectivity index (χ0v) is 15.9. The molecule has 142 valence electrons. The van der Waals surface area contributed by atoms with E-state index in [2.05, 4.69) is 11.9 Å². The lowest BCUT2D eigenvalue weighted by atomic mass is 10.0. The van der Waals surface area contributed by atoms with E-state index in [1.54, 1.807) is 16.9 Å². The number of anilines is 1. The van der Waals surface area contributed by atoms with Crippen molar-refractivity contribution in [1.82, 2.24) is 14.7 Å². The molecule has 0 spiro atoms. The van der Waals surface area contributed by atoms with Gasteiger partial charge in [-0.2, -0.15) is 0 Å². The largest absolute Gasteiger partial charge is 0.497 e. The van der Waals surface area contributed by atoms with Crippen LogP contribution in [-0.2, 0) is 4.79 Å². The van der Waals surface area contributed by atoms with Crippen molar-refractivity contribution in [3.8, 4) is 5.75 Å². The first kappa shape index (κ1) is 18.5. The maximum absolute atomic E-state index is 12.7. The van der Waals surface area contributed by atoms with Crippen LogP contribution in [-0.4, -0.2) is 86.6 Å². The average molecular weight is 360 g/mol. The summed E-state index contributed by atoms with van der Waals surface area (Å²) >= 11 is 0. The highest BCUT2D eigenvalue weighted by molar-refractivity contribution is 5.96. The maximum Gasteiger partial charge on any atom is 0.325 e. The van der Waals surface area contributed by atoms with Crippen LogP contribution in [0.4, 0.5) is 10.5 Å². The van der Waals surface area contributed by atoms with Crippen LogP contribution in [0.5, 0.6) is 5.75 Å². The zero-order chi connectivity index (χ0) is 18.7. The Morgan fingerprint density at radius 1 is 1.15 bits per heavy atom. The van der Waals surface area contributed by atoms with Crippen LogP contribution in [0.1, 0.15) is 12.8 Å². The summed E-state index contributed by atoms with van der Waals surface area (Å²) in [6.45, 7) is 3.33. The van der Waals surface area contributed by atoms with Gasteiger partial charge in [-0.25, -0.2) is 4.79 Å². The molecular weight excluding hydrogens is 332 g/mol. The number of carbonyl (C=O) groups excluding carboxylic acids is 2. The number of piperidine rings is 1. The van der Waals surface area contributed by atoms with Gasteiger partial charge in [-0.3, -0.25) is 9.69 Å². The van der Waals surface area contributed by atoms with E-state index in [1.807, 2.05) is 36.2 Å². The van der Waals surface area contributed by atoms with Crippen LogP contribution < -0.4 is 9.64 Å². The van der Waals surface area contributed by atoms with E-state index in [-0.39, 0.29) is 24.5 Å². The van der Waals surface area contributed by atoms with Gasteiger partial charge in [0.1, 0.15) is 12.3 Å². The Morgan fingerprint density at radius 2 is 1.81 bits per heavy atom. The molecule has 2 heterocycles. The normalized spacial score (nSPS) is 19.1. The SMILES string of the molecule is COc1ccc(N2CCN(CC(=O)N(C)C3CCN(C)CC3)C2=O)cc1. The molecule has 2 fully saturated rings. The molecule has 1 aromatic carbocycles. The van der Waals surface area contributed by atoms with Gasteiger partial charge in [0.05, 0.1) is 7.11 Å². The summed E-state index contributed by atoms with van der Waals surface area (Å²) in [7, 11) is 5.58. The van der Waals surface area contributed by atoms with Crippen LogP contribution >= 0.6 is 0 Å². The molecule has 2 aliphatic heterocycles. The lowest BCUT2D eigenvalue weighted by Crippen LogP contribution is -2.48. The van der Waals surface area contributed by atoms with Gasteiger partial charge in [-0.05, 0) is 57.2 Å². The van der Waals surface area contributed by atoms with Gasteiger partial charge < -0.3 is 19.4 Å². The topological polar surface area (TPSA) is 56.3 Å². The van der Waals surface area contributed by atoms with Crippen molar-refractivity contribution < 1.29 is 14.3 Å². The molecule has 3 amide bonds. The van der Waals surface area contributed by atoms with Gasteiger partial charge in [0.15, 0.2) is 0 Å². The van der Waals surface area contributed by atoms with Crippen molar-refractivity contribution in [3.63, 3.8) is 0 Å². The summed E-state index contributed by atoms with van der Waals surface area (Å²) in [6.07, 6.45) is 1.98. The molecule has 3 rings (SSSR count). The number of amides is 3. The number of likely N-dealkylation sites (N-methyl/N-ethyl adjacent to an activating group) is 1. The number of hydrogen-bond acceptors (Lipinski definition) is 4. The quantitative estimate of drug-likeness (QED) is 0.798. The number of nitrogens with zero attached hydrogens (tertiary/aromatic N) is 4. The minimum absolute atomic E-state index is 0.0180. The second-order valence-electron chi connectivity index (χ2n) is 7.09. The highest BCUT2D eigenvalue weighted by Crippen LogP contribution is 2.23. The Kier molecular flexibility index (Phi) is 5.66. The fourth-order valence-corrected chi connectivity index (χ4v) is 3.59. The molecule has 0 unspecified atom stereocenters. The van der Waals surface area contributed by atoms with Gasteiger partial charge in [0, 0.05) is 31.9 Å². The summed E-state index contributed by atoms with van der Waals surface area (Å²) in [4.78, 5) is 32.8. The molecule has 7 nitrogen and oxygen atoms in total. The lowest BCUT2D eigenvalue weighted by molar-refractivity contribution is -0.133. The molecule has 2 saturated heterocycles. The average Bonchev–Trinajstić information content (AvgIpc) is 3.02. The van der Waals surface area contributed by atoms with E-state index in [4.69, 9.17) is 4.74 Å². The number of ether oxygens (including phenoxy) is 1. The molecular formula is C19H28N4O3. The van der Waals surface area contributed by atoms with Crippen molar-refractivity contribution in [3.05, 3.63) is 24.3 Å². The van der Waals surface area contributed by atoms with Gasteiger partial charge in [0.2, 0.25) is 5.91 Å². The molecule has 7 heteroatoms. The monoisotopic (exact) mass is 360 g/mol. The minimum atomic E-state index is -0.111. The summed E-state index contributed by atoms with van der Waals surface area (Å²) in [5.74, 6) is 0.775. The minimum Gasteiger partial charge on any atom is -0.497 e. The third-order valence-corrected chi connectivity index (χ3v) is 5.43. The summed E-state index contributed by atoms with van der Waals surface area (Å²) in [6, 6.07) is 7.57. The summed E-state index contributed by atoms with van der Waals surface area (Å²) in [5, 5.41) is 0. The molecule has 0 radical (unpaired) electrons. The van der Waals surface area contributed by atoms with E-state index < -0.39 is 0 Å². The second kappa shape index (κ2) is 7.95. The first-order valence-corrected chi connectivity index (χ1v) is 9.14. The highest BCUT2D eigenvalue weighted by Gasteiger charge is 2.33. The Hall–Kier alpha value is -2.28. The highest BCUT2D eigenvalue weighted by atomic mass is 16.5. The number of methoxy groups -OCH3 is 1. The molecule has 0 atom stereocenters. The Bertz CT molecular complexity index is 641. The lowest BCUT2D eigenvalue weighted by Gasteiger charge is -2.35.